The largest absolute Gasteiger partial charge is 0.461 e. The molecule has 124 valence electrons. The number of para-hydroxylation sites is 1. The van der Waals surface area contributed by atoms with Crippen LogP contribution < -0.4 is 4.74 Å². The lowest BCUT2D eigenvalue weighted by Crippen LogP contribution is -2.28. The fraction of sp³-hybridized carbons (Fsp3) is 0.333. The Morgan fingerprint density at radius 1 is 1.08 bits per heavy atom. The van der Waals surface area contributed by atoms with Crippen LogP contribution in [0, 0.1) is 0 Å². The van der Waals surface area contributed by atoms with Crippen LogP contribution in [-0.4, -0.2) is 24.0 Å². The number of benzene rings is 2. The van der Waals surface area contributed by atoms with Gasteiger partial charge in [-0.1, -0.05) is 18.2 Å². The maximum Gasteiger partial charge on any atom is 0.134 e. The average molecular weight is 321 g/mol. The number of hydrogen-bond acceptors (Lipinski definition) is 3. The summed E-state index contributed by atoms with van der Waals surface area (Å²) in [5, 5.41) is 1.10. The molecule has 1 atom stereocenters. The number of likely N-dealkylation sites (tertiary alicyclic amines) is 1. The van der Waals surface area contributed by atoms with Crippen molar-refractivity contribution in [3.8, 4) is 11.5 Å². The predicted molar refractivity (Wildman–Crippen MR) is 96.7 cm³/mol. The van der Waals surface area contributed by atoms with E-state index < -0.39 is 0 Å². The smallest absolute Gasteiger partial charge is 0.134 e. The first-order valence-electron chi connectivity index (χ1n) is 8.77. The molecular formula is C21H23NO2. The van der Waals surface area contributed by atoms with Crippen molar-refractivity contribution in [1.29, 1.82) is 0 Å². The minimum Gasteiger partial charge on any atom is -0.461 e. The van der Waals surface area contributed by atoms with Crippen LogP contribution in [0.25, 0.3) is 11.0 Å². The highest BCUT2D eigenvalue weighted by Gasteiger charge is 2.20. The van der Waals surface area contributed by atoms with Crippen LogP contribution >= 0.6 is 0 Å². The Balaban J connectivity index is 1.46. The van der Waals surface area contributed by atoms with Crippen molar-refractivity contribution in [3.63, 3.8) is 0 Å². The normalized spacial score (nSPS) is 18.3. The molecule has 0 aliphatic carbocycles. The topological polar surface area (TPSA) is 25.6 Å². The van der Waals surface area contributed by atoms with E-state index in [1.54, 1.807) is 0 Å². The second-order valence-corrected chi connectivity index (χ2v) is 6.60. The Morgan fingerprint density at radius 3 is 2.75 bits per heavy atom. The van der Waals surface area contributed by atoms with E-state index in [4.69, 9.17) is 9.15 Å². The summed E-state index contributed by atoms with van der Waals surface area (Å²) in [5.41, 5.74) is 0.930. The summed E-state index contributed by atoms with van der Waals surface area (Å²) in [6.07, 6.45) is 3.61. The van der Waals surface area contributed by atoms with Crippen molar-refractivity contribution in [2.75, 3.05) is 13.1 Å². The molecule has 0 N–H and O–H groups in total. The zero-order valence-corrected chi connectivity index (χ0v) is 14.1. The third-order valence-electron chi connectivity index (χ3n) is 4.85. The molecule has 2 heterocycles. The van der Waals surface area contributed by atoms with Crippen molar-refractivity contribution in [3.05, 3.63) is 60.4 Å². The molecule has 0 spiro atoms. The van der Waals surface area contributed by atoms with E-state index in [0.29, 0.717) is 6.04 Å². The fourth-order valence-corrected chi connectivity index (χ4v) is 3.47. The first kappa shape index (κ1) is 15.3. The van der Waals surface area contributed by atoms with Crippen LogP contribution in [0.1, 0.15) is 25.5 Å². The Kier molecular flexibility index (Phi) is 4.26. The second kappa shape index (κ2) is 6.70. The van der Waals surface area contributed by atoms with Crippen molar-refractivity contribution in [2.45, 2.75) is 32.2 Å². The van der Waals surface area contributed by atoms with E-state index in [9.17, 15) is 0 Å². The van der Waals surface area contributed by atoms with Crippen LogP contribution in [0.5, 0.6) is 11.5 Å². The standard InChI is InChI=1S/C21H23NO2/c1-16-6-5-12-22(16)13-11-20-15-17-14-19(9-10-21(17)24-20)23-18-7-3-2-4-8-18/h2-4,7-10,14-16H,5-6,11-13H2,1H3/t16-/m1/s1. The van der Waals surface area contributed by atoms with Crippen LogP contribution in [0.15, 0.2) is 59.0 Å². The summed E-state index contributed by atoms with van der Waals surface area (Å²) in [6.45, 7) is 4.61. The number of hydrogen-bond donors (Lipinski definition) is 0. The Bertz CT molecular complexity index is 809. The maximum atomic E-state index is 5.99. The highest BCUT2D eigenvalue weighted by atomic mass is 16.5. The fourth-order valence-electron chi connectivity index (χ4n) is 3.47. The van der Waals surface area contributed by atoms with Crippen LogP contribution in [0.4, 0.5) is 0 Å². The molecule has 24 heavy (non-hydrogen) atoms. The number of nitrogens with zero attached hydrogens (tertiary/aromatic N) is 1. The van der Waals surface area contributed by atoms with Gasteiger partial charge in [-0.05, 0) is 62.7 Å². The third kappa shape index (κ3) is 3.31. The molecule has 3 nitrogen and oxygen atoms in total. The van der Waals surface area contributed by atoms with Crippen molar-refractivity contribution >= 4 is 11.0 Å². The van der Waals surface area contributed by atoms with Gasteiger partial charge in [-0.3, -0.25) is 0 Å². The molecule has 0 radical (unpaired) electrons. The highest BCUT2D eigenvalue weighted by Crippen LogP contribution is 2.28. The predicted octanol–water partition coefficient (Wildman–Crippen LogP) is 5.25. The molecule has 4 rings (SSSR count). The van der Waals surface area contributed by atoms with Gasteiger partial charge in [0.2, 0.25) is 0 Å². The van der Waals surface area contributed by atoms with Crippen LogP contribution in [-0.2, 0) is 6.42 Å². The zero-order valence-electron chi connectivity index (χ0n) is 14.1. The lowest BCUT2D eigenvalue weighted by Gasteiger charge is -2.19. The number of rotatable bonds is 5. The molecule has 2 aromatic carbocycles. The highest BCUT2D eigenvalue weighted by molar-refractivity contribution is 5.79. The summed E-state index contributed by atoms with van der Waals surface area (Å²) >= 11 is 0. The Hall–Kier alpha value is -2.26. The molecule has 1 saturated heterocycles. The van der Waals surface area contributed by atoms with E-state index in [-0.39, 0.29) is 0 Å². The third-order valence-corrected chi connectivity index (χ3v) is 4.85. The molecule has 1 aromatic heterocycles. The van der Waals surface area contributed by atoms with Crippen LogP contribution in [0.3, 0.4) is 0 Å². The lowest BCUT2D eigenvalue weighted by molar-refractivity contribution is 0.266. The summed E-state index contributed by atoms with van der Waals surface area (Å²) < 4.78 is 11.9. The summed E-state index contributed by atoms with van der Waals surface area (Å²) in [4.78, 5) is 2.55. The van der Waals surface area contributed by atoms with E-state index in [2.05, 4.69) is 17.9 Å². The molecule has 1 aliphatic rings. The van der Waals surface area contributed by atoms with Crippen molar-refractivity contribution in [1.82, 2.24) is 4.90 Å². The molecule has 1 fully saturated rings. The van der Waals surface area contributed by atoms with Gasteiger partial charge in [0.1, 0.15) is 22.8 Å². The van der Waals surface area contributed by atoms with E-state index in [0.717, 1.165) is 41.2 Å². The van der Waals surface area contributed by atoms with Gasteiger partial charge in [-0.2, -0.15) is 0 Å². The molecule has 0 bridgehead atoms. The van der Waals surface area contributed by atoms with Crippen molar-refractivity contribution < 1.29 is 9.15 Å². The summed E-state index contributed by atoms with van der Waals surface area (Å²) in [5.74, 6) is 2.75. The van der Waals surface area contributed by atoms with Crippen molar-refractivity contribution in [2.24, 2.45) is 0 Å². The Labute approximate surface area is 142 Å². The van der Waals surface area contributed by atoms with Gasteiger partial charge in [0.05, 0.1) is 0 Å². The van der Waals surface area contributed by atoms with E-state index in [1.807, 2.05) is 48.5 Å². The van der Waals surface area contributed by atoms with E-state index >= 15 is 0 Å². The molecular weight excluding hydrogens is 298 g/mol. The number of fused-ring (bicyclic) bond motifs is 1. The van der Waals surface area contributed by atoms with E-state index in [1.165, 1.54) is 19.4 Å². The summed E-state index contributed by atoms with van der Waals surface area (Å²) in [7, 11) is 0. The minimum absolute atomic E-state index is 0.709. The molecule has 0 saturated carbocycles. The number of furan rings is 1. The molecule has 0 amide bonds. The maximum absolute atomic E-state index is 5.99. The van der Waals surface area contributed by atoms with Gasteiger partial charge in [0, 0.05) is 24.4 Å². The SMILES string of the molecule is C[C@@H]1CCCN1CCc1cc2cc(Oc3ccccc3)ccc2o1. The van der Waals surface area contributed by atoms with Gasteiger partial charge < -0.3 is 14.1 Å². The van der Waals surface area contributed by atoms with Gasteiger partial charge in [0.15, 0.2) is 0 Å². The number of ether oxygens (including phenoxy) is 1. The van der Waals surface area contributed by atoms with Gasteiger partial charge in [-0.15, -0.1) is 0 Å². The zero-order chi connectivity index (χ0) is 16.4. The summed E-state index contributed by atoms with van der Waals surface area (Å²) in [6, 6.07) is 18.7. The average Bonchev–Trinajstić information content (AvgIpc) is 3.19. The lowest BCUT2D eigenvalue weighted by atomic mass is 10.2. The first-order valence-corrected chi connectivity index (χ1v) is 8.77. The Morgan fingerprint density at radius 2 is 1.96 bits per heavy atom. The minimum atomic E-state index is 0.709. The molecule has 3 aromatic rings. The second-order valence-electron chi connectivity index (χ2n) is 6.60. The van der Waals surface area contributed by atoms with Gasteiger partial charge in [-0.25, -0.2) is 0 Å². The molecule has 3 heteroatoms. The molecule has 1 aliphatic heterocycles. The molecule has 0 unspecified atom stereocenters. The monoisotopic (exact) mass is 321 g/mol. The first-order chi connectivity index (χ1) is 11.8. The van der Waals surface area contributed by atoms with Gasteiger partial charge in [0.25, 0.3) is 0 Å². The van der Waals surface area contributed by atoms with Gasteiger partial charge >= 0.3 is 0 Å². The quantitative estimate of drug-likeness (QED) is 0.641. The van der Waals surface area contributed by atoms with Crippen LogP contribution in [0.2, 0.25) is 0 Å².